The quantitative estimate of drug-likeness (QED) is 0.530. The molecule has 2 aromatic rings. The van der Waals surface area contributed by atoms with Crippen molar-refractivity contribution in [3.8, 4) is 11.4 Å². The topological polar surface area (TPSA) is 51.0 Å². The van der Waals surface area contributed by atoms with Crippen LogP contribution in [-0.4, -0.2) is 39.4 Å². The fourth-order valence-corrected chi connectivity index (χ4v) is 7.78. The van der Waals surface area contributed by atoms with Crippen molar-refractivity contribution in [2.24, 2.45) is 30.2 Å². The number of hydrogen-bond donors (Lipinski definition) is 0. The molecular weight excluding hydrogens is 404 g/mol. The normalized spacial score (nSPS) is 28.8. The van der Waals surface area contributed by atoms with Crippen molar-refractivity contribution in [2.75, 3.05) is 23.7 Å². The standard InChI is InChI=1S/C25H34N4OS/c1-4-29(5-2)21-8-6-20(7-9-21)23-26-27-24(28(23)3)31-16-22(30)25-13-17-10-18(14-25)12-19(11-17)15-25/h6-9,17-19H,4-5,10-16H2,1-3H3. The molecule has 4 bridgehead atoms. The van der Waals surface area contributed by atoms with E-state index in [4.69, 9.17) is 0 Å². The average molecular weight is 439 g/mol. The first-order chi connectivity index (χ1) is 15.0. The van der Waals surface area contributed by atoms with Crippen LogP contribution in [0.4, 0.5) is 5.69 Å². The Kier molecular flexibility index (Phi) is 5.61. The van der Waals surface area contributed by atoms with Crippen molar-refractivity contribution in [3.05, 3.63) is 24.3 Å². The molecule has 0 N–H and O–H groups in total. The Morgan fingerprint density at radius 3 is 2.16 bits per heavy atom. The van der Waals surface area contributed by atoms with E-state index in [-0.39, 0.29) is 5.41 Å². The largest absolute Gasteiger partial charge is 0.372 e. The zero-order valence-electron chi connectivity index (χ0n) is 19.0. The third-order valence-corrected chi connectivity index (χ3v) is 9.07. The summed E-state index contributed by atoms with van der Waals surface area (Å²) >= 11 is 1.57. The maximum Gasteiger partial charge on any atom is 0.191 e. The second-order valence-electron chi connectivity index (χ2n) is 9.99. The maximum atomic E-state index is 13.3. The Labute approximate surface area is 190 Å². The lowest BCUT2D eigenvalue weighted by molar-refractivity contribution is -0.141. The Balaban J connectivity index is 1.26. The number of ketones is 1. The molecule has 0 spiro atoms. The van der Waals surface area contributed by atoms with E-state index in [0.717, 1.165) is 66.6 Å². The van der Waals surface area contributed by atoms with Gasteiger partial charge in [-0.1, -0.05) is 11.8 Å². The number of aromatic nitrogens is 3. The summed E-state index contributed by atoms with van der Waals surface area (Å²) in [6.45, 7) is 6.35. The van der Waals surface area contributed by atoms with E-state index < -0.39 is 0 Å². The molecular formula is C25H34N4OS. The second kappa shape index (κ2) is 8.27. The van der Waals surface area contributed by atoms with Crippen molar-refractivity contribution in [2.45, 2.75) is 57.5 Å². The van der Waals surface area contributed by atoms with Gasteiger partial charge in [-0.25, -0.2) is 0 Å². The molecule has 166 valence electrons. The van der Waals surface area contributed by atoms with Gasteiger partial charge in [0.15, 0.2) is 11.0 Å². The van der Waals surface area contributed by atoms with Gasteiger partial charge in [-0.2, -0.15) is 0 Å². The lowest BCUT2D eigenvalue weighted by atomic mass is 9.48. The number of rotatable bonds is 8. The minimum Gasteiger partial charge on any atom is -0.372 e. The summed E-state index contributed by atoms with van der Waals surface area (Å²) in [5.41, 5.74) is 2.26. The van der Waals surface area contributed by atoms with Crippen LogP contribution in [0.3, 0.4) is 0 Å². The fraction of sp³-hybridized carbons (Fsp3) is 0.640. The molecule has 0 saturated heterocycles. The molecule has 1 heterocycles. The first kappa shape index (κ1) is 21.0. The second-order valence-corrected chi connectivity index (χ2v) is 10.9. The van der Waals surface area contributed by atoms with Gasteiger partial charge < -0.3 is 9.47 Å². The van der Waals surface area contributed by atoms with E-state index in [1.54, 1.807) is 11.8 Å². The molecule has 0 radical (unpaired) electrons. The number of thioether (sulfide) groups is 1. The Morgan fingerprint density at radius 1 is 1.03 bits per heavy atom. The molecule has 31 heavy (non-hydrogen) atoms. The Bertz CT molecular complexity index is 912. The third kappa shape index (κ3) is 3.81. The van der Waals surface area contributed by atoms with Crippen molar-refractivity contribution < 1.29 is 4.79 Å². The smallest absolute Gasteiger partial charge is 0.191 e. The highest BCUT2D eigenvalue weighted by Gasteiger charge is 2.54. The fourth-order valence-electron chi connectivity index (χ4n) is 6.84. The first-order valence-electron chi connectivity index (χ1n) is 11.9. The summed E-state index contributed by atoms with van der Waals surface area (Å²) in [7, 11) is 2.01. The van der Waals surface area contributed by atoms with E-state index in [1.807, 2.05) is 11.6 Å². The van der Waals surface area contributed by atoms with Gasteiger partial charge in [-0.05, 0) is 94.4 Å². The first-order valence-corrected chi connectivity index (χ1v) is 12.9. The molecule has 6 rings (SSSR count). The number of hydrogen-bond acceptors (Lipinski definition) is 5. The maximum absolute atomic E-state index is 13.3. The number of carbonyl (C=O) groups is 1. The lowest BCUT2D eigenvalue weighted by Crippen LogP contribution is -2.50. The van der Waals surface area contributed by atoms with Crippen LogP contribution in [0.5, 0.6) is 0 Å². The summed E-state index contributed by atoms with van der Waals surface area (Å²) in [6, 6.07) is 8.54. The van der Waals surface area contributed by atoms with Crippen LogP contribution in [0.15, 0.2) is 29.4 Å². The number of benzene rings is 1. The highest BCUT2D eigenvalue weighted by Crippen LogP contribution is 2.60. The van der Waals surface area contributed by atoms with Gasteiger partial charge >= 0.3 is 0 Å². The molecule has 5 nitrogen and oxygen atoms in total. The predicted octanol–water partition coefficient (Wildman–Crippen LogP) is 5.21. The summed E-state index contributed by atoms with van der Waals surface area (Å²) < 4.78 is 2.03. The molecule has 0 unspecified atom stereocenters. The molecule has 4 saturated carbocycles. The number of Topliss-reactive ketones (excluding diaryl/α,β-unsaturated/α-hetero) is 1. The van der Waals surface area contributed by atoms with Gasteiger partial charge in [0.2, 0.25) is 0 Å². The van der Waals surface area contributed by atoms with Crippen molar-refractivity contribution >= 4 is 23.2 Å². The van der Waals surface area contributed by atoms with E-state index in [2.05, 4.69) is 53.2 Å². The Hall–Kier alpha value is -1.82. The number of anilines is 1. The third-order valence-electron chi connectivity index (χ3n) is 8.05. The minimum atomic E-state index is -0.0244. The van der Waals surface area contributed by atoms with Crippen LogP contribution in [0.2, 0.25) is 0 Å². The highest BCUT2D eigenvalue weighted by atomic mass is 32.2. The van der Waals surface area contributed by atoms with Gasteiger partial charge in [-0.3, -0.25) is 4.79 Å². The van der Waals surface area contributed by atoms with Crippen molar-refractivity contribution in [3.63, 3.8) is 0 Å². The minimum absolute atomic E-state index is 0.0244. The lowest BCUT2D eigenvalue weighted by Gasteiger charge is -2.56. The summed E-state index contributed by atoms with van der Waals surface area (Å²) in [5.74, 6) is 4.27. The van der Waals surface area contributed by atoms with E-state index in [9.17, 15) is 4.79 Å². The average Bonchev–Trinajstić information content (AvgIpc) is 3.12. The molecule has 1 aromatic carbocycles. The Morgan fingerprint density at radius 2 is 1.61 bits per heavy atom. The number of nitrogens with zero attached hydrogens (tertiary/aromatic N) is 4. The van der Waals surface area contributed by atoms with Gasteiger partial charge in [0, 0.05) is 36.8 Å². The monoisotopic (exact) mass is 438 g/mol. The summed E-state index contributed by atoms with van der Waals surface area (Å²) in [5, 5.41) is 9.69. The van der Waals surface area contributed by atoms with Gasteiger partial charge in [0.25, 0.3) is 0 Å². The van der Waals surface area contributed by atoms with Gasteiger partial charge in [0.1, 0.15) is 5.78 Å². The van der Waals surface area contributed by atoms with Crippen molar-refractivity contribution in [1.29, 1.82) is 0 Å². The van der Waals surface area contributed by atoms with Crippen LogP contribution in [0, 0.1) is 23.2 Å². The zero-order chi connectivity index (χ0) is 21.6. The van der Waals surface area contributed by atoms with Crippen LogP contribution in [0.1, 0.15) is 52.4 Å². The molecule has 4 aliphatic rings. The zero-order valence-corrected chi connectivity index (χ0v) is 19.8. The van der Waals surface area contributed by atoms with Crippen LogP contribution < -0.4 is 4.90 Å². The van der Waals surface area contributed by atoms with Crippen LogP contribution in [0.25, 0.3) is 11.4 Å². The molecule has 4 fully saturated rings. The molecule has 6 heteroatoms. The van der Waals surface area contributed by atoms with Gasteiger partial charge in [0.05, 0.1) is 5.75 Å². The van der Waals surface area contributed by atoms with E-state index >= 15 is 0 Å². The predicted molar refractivity (Wildman–Crippen MR) is 126 cm³/mol. The van der Waals surface area contributed by atoms with Crippen LogP contribution in [-0.2, 0) is 11.8 Å². The molecule has 0 aliphatic heterocycles. The molecule has 1 aromatic heterocycles. The van der Waals surface area contributed by atoms with Gasteiger partial charge in [-0.15, -0.1) is 10.2 Å². The SMILES string of the molecule is CCN(CC)c1ccc(-c2nnc(SCC(=O)C34CC5CC(CC(C5)C3)C4)n2C)cc1. The molecule has 0 amide bonds. The van der Waals surface area contributed by atoms with E-state index in [1.165, 1.54) is 24.9 Å². The summed E-state index contributed by atoms with van der Waals surface area (Å²) in [4.78, 5) is 15.7. The highest BCUT2D eigenvalue weighted by molar-refractivity contribution is 7.99. The van der Waals surface area contributed by atoms with E-state index in [0.29, 0.717) is 11.5 Å². The molecule has 4 aliphatic carbocycles. The number of carbonyl (C=O) groups excluding carboxylic acids is 1. The summed E-state index contributed by atoms with van der Waals surface area (Å²) in [6.07, 6.45) is 7.54. The van der Waals surface area contributed by atoms with Crippen LogP contribution >= 0.6 is 11.8 Å². The molecule has 0 atom stereocenters. The van der Waals surface area contributed by atoms with Crippen molar-refractivity contribution in [1.82, 2.24) is 14.8 Å².